The van der Waals surface area contributed by atoms with Crippen molar-refractivity contribution in [1.29, 1.82) is 0 Å². The average molecular weight is 308 g/mol. The van der Waals surface area contributed by atoms with Crippen LogP contribution in [0.5, 0.6) is 0 Å². The van der Waals surface area contributed by atoms with Crippen molar-refractivity contribution in [3.63, 3.8) is 0 Å². The standard InChI is InChI=1S/C5H10.U/c1-4-5(2)3;/h5H,1-2,4H2,3H3;/q-2;+2/t5-;/m0./s1. The molecule has 0 radical (unpaired) electrons. The van der Waals surface area contributed by atoms with E-state index in [1.165, 1.54) is 0 Å². The summed E-state index contributed by atoms with van der Waals surface area (Å²) in [6, 6.07) is 0. The summed E-state index contributed by atoms with van der Waals surface area (Å²) < 4.78 is 0. The van der Waals surface area contributed by atoms with Crippen molar-refractivity contribution in [2.45, 2.75) is 13.3 Å². The van der Waals surface area contributed by atoms with Crippen molar-refractivity contribution >= 4 is 0 Å². The average Bonchev–Trinajstić information content (AvgIpc) is 1.38. The first-order chi connectivity index (χ1) is 2.27. The van der Waals surface area contributed by atoms with E-state index in [1.807, 2.05) is 6.92 Å². The van der Waals surface area contributed by atoms with Gasteiger partial charge in [-0.15, -0.1) is 0 Å². The third-order valence-corrected chi connectivity index (χ3v) is 0.493. The summed E-state index contributed by atoms with van der Waals surface area (Å²) in [7, 11) is 0. The second kappa shape index (κ2) is 6.05. The minimum absolute atomic E-state index is 0. The summed E-state index contributed by atoms with van der Waals surface area (Å²) in [6.45, 7) is 9.37. The second-order valence-corrected chi connectivity index (χ2v) is 1.39. The molecule has 0 fully saturated rings. The molecule has 0 bridgehead atoms. The Hall–Kier alpha value is 1.05. The Morgan fingerprint density at radius 2 is 1.83 bits per heavy atom. The molecule has 0 aliphatic carbocycles. The van der Waals surface area contributed by atoms with Crippen LogP contribution in [0.2, 0.25) is 0 Å². The van der Waals surface area contributed by atoms with Crippen LogP contribution in [0.4, 0.5) is 0 Å². The zero-order valence-corrected chi connectivity index (χ0v) is 8.36. The van der Waals surface area contributed by atoms with E-state index in [0.717, 1.165) is 6.42 Å². The Kier molecular flexibility index (Phi) is 10.2. The van der Waals surface area contributed by atoms with Crippen LogP contribution in [-0.4, -0.2) is 0 Å². The second-order valence-electron chi connectivity index (χ2n) is 1.39. The van der Waals surface area contributed by atoms with E-state index < -0.39 is 0 Å². The minimum Gasteiger partial charge on any atom is -0.345 e. The summed E-state index contributed by atoms with van der Waals surface area (Å²) in [5.74, 6) is 0.523. The third kappa shape index (κ3) is 8.90. The van der Waals surface area contributed by atoms with Crippen LogP contribution < -0.4 is 0 Å². The van der Waals surface area contributed by atoms with Gasteiger partial charge >= 0.3 is 31.1 Å². The Bertz CT molecular complexity index is 17.9. The zero-order valence-electron chi connectivity index (χ0n) is 4.20. The molecule has 0 unspecified atom stereocenters. The van der Waals surface area contributed by atoms with Gasteiger partial charge < -0.3 is 13.8 Å². The molecular weight excluding hydrogens is 298 g/mol. The van der Waals surface area contributed by atoms with Crippen molar-refractivity contribution in [2.24, 2.45) is 5.92 Å². The van der Waals surface area contributed by atoms with Crippen molar-refractivity contribution < 1.29 is 31.1 Å². The van der Waals surface area contributed by atoms with E-state index in [4.69, 9.17) is 0 Å². The number of hydrogen-bond acceptors (Lipinski definition) is 0. The van der Waals surface area contributed by atoms with Crippen LogP contribution in [0.1, 0.15) is 13.3 Å². The summed E-state index contributed by atoms with van der Waals surface area (Å²) in [5.41, 5.74) is 0. The maximum absolute atomic E-state index is 3.69. The summed E-state index contributed by atoms with van der Waals surface area (Å²) in [6.07, 6.45) is 0.944. The van der Waals surface area contributed by atoms with Gasteiger partial charge in [-0.3, -0.25) is 0 Å². The first-order valence-electron chi connectivity index (χ1n) is 1.89. The van der Waals surface area contributed by atoms with Gasteiger partial charge in [-0.05, 0) is 0 Å². The maximum Gasteiger partial charge on any atom is 2.00 e. The van der Waals surface area contributed by atoms with Gasteiger partial charge in [-0.2, -0.15) is 0 Å². The third-order valence-electron chi connectivity index (χ3n) is 0.493. The molecule has 0 heterocycles. The van der Waals surface area contributed by atoms with Crippen LogP contribution in [0.3, 0.4) is 0 Å². The predicted molar refractivity (Wildman–Crippen MR) is 24.5 cm³/mol. The Morgan fingerprint density at radius 3 is 1.83 bits per heavy atom. The molecule has 0 rings (SSSR count). The van der Waals surface area contributed by atoms with E-state index >= 15 is 0 Å². The van der Waals surface area contributed by atoms with E-state index in [-0.39, 0.29) is 31.1 Å². The smallest absolute Gasteiger partial charge is 0.345 e. The van der Waals surface area contributed by atoms with Crippen molar-refractivity contribution in [1.82, 2.24) is 0 Å². The van der Waals surface area contributed by atoms with Gasteiger partial charge in [0.15, 0.2) is 0 Å². The van der Waals surface area contributed by atoms with E-state index in [9.17, 15) is 0 Å². The normalized spacial score (nSPS) is 12.5. The topological polar surface area (TPSA) is 0 Å². The van der Waals surface area contributed by atoms with Crippen LogP contribution in [-0.2, 0) is 0 Å². The molecule has 0 amide bonds. The van der Waals surface area contributed by atoms with E-state index in [1.54, 1.807) is 0 Å². The first-order valence-corrected chi connectivity index (χ1v) is 1.89. The van der Waals surface area contributed by atoms with Crippen LogP contribution in [0.25, 0.3) is 0 Å². The van der Waals surface area contributed by atoms with Crippen molar-refractivity contribution in [3.8, 4) is 0 Å². The maximum atomic E-state index is 3.69. The Labute approximate surface area is 64.1 Å². The van der Waals surface area contributed by atoms with Crippen LogP contribution in [0, 0.1) is 50.9 Å². The van der Waals surface area contributed by atoms with Gasteiger partial charge in [-0.25, -0.2) is 12.3 Å². The van der Waals surface area contributed by atoms with E-state index in [2.05, 4.69) is 13.8 Å². The van der Waals surface area contributed by atoms with Crippen molar-refractivity contribution in [3.05, 3.63) is 13.8 Å². The van der Waals surface area contributed by atoms with Crippen LogP contribution >= 0.6 is 0 Å². The molecule has 1 atom stereocenters. The number of hydrogen-bond donors (Lipinski definition) is 0. The van der Waals surface area contributed by atoms with Crippen LogP contribution in [0.15, 0.2) is 0 Å². The molecule has 0 aromatic carbocycles. The molecule has 0 N–H and O–H groups in total. The fraction of sp³-hybridized carbons (Fsp3) is 0.600. The van der Waals surface area contributed by atoms with Gasteiger partial charge in [0.25, 0.3) is 0 Å². The van der Waals surface area contributed by atoms with Gasteiger partial charge in [0.05, 0.1) is 0 Å². The molecular formula is C5H10U. The predicted octanol–water partition coefficient (Wildman–Crippen LogP) is 1.68. The molecule has 1 heteroatoms. The fourth-order valence-electron chi connectivity index (χ4n) is 0. The Morgan fingerprint density at radius 1 is 1.67 bits per heavy atom. The molecule has 6 heavy (non-hydrogen) atoms. The molecule has 34 valence electrons. The summed E-state index contributed by atoms with van der Waals surface area (Å²) in [4.78, 5) is 0. The quantitative estimate of drug-likeness (QED) is 0.647. The summed E-state index contributed by atoms with van der Waals surface area (Å²) in [5, 5.41) is 0. The van der Waals surface area contributed by atoms with Gasteiger partial charge in [0.1, 0.15) is 0 Å². The largest absolute Gasteiger partial charge is 2.00 e. The SMILES string of the molecule is [CH2-]C[C@@H]([CH2-])C.[U+2]. The van der Waals surface area contributed by atoms with Gasteiger partial charge in [0.2, 0.25) is 0 Å². The molecule has 0 spiro atoms. The van der Waals surface area contributed by atoms with E-state index in [0.29, 0.717) is 5.92 Å². The molecule has 0 saturated carbocycles. The summed E-state index contributed by atoms with van der Waals surface area (Å²) >= 11 is 0. The molecule has 0 nitrogen and oxygen atoms in total. The van der Waals surface area contributed by atoms with Crippen molar-refractivity contribution in [2.75, 3.05) is 0 Å². The monoisotopic (exact) mass is 308 g/mol. The Balaban J connectivity index is 0. The fourth-order valence-corrected chi connectivity index (χ4v) is 0. The first kappa shape index (κ1) is 10.1. The molecule has 0 saturated heterocycles. The molecule has 0 aromatic rings. The zero-order chi connectivity index (χ0) is 4.28. The molecule has 0 aliphatic heterocycles. The van der Waals surface area contributed by atoms with Gasteiger partial charge in [-0.1, -0.05) is 6.92 Å². The minimum atomic E-state index is 0. The van der Waals surface area contributed by atoms with Gasteiger partial charge in [0, 0.05) is 0 Å². The molecule has 0 aliphatic rings. The number of rotatable bonds is 1. The molecule has 0 aromatic heterocycles.